The van der Waals surface area contributed by atoms with E-state index in [1.807, 2.05) is 19.1 Å². The van der Waals surface area contributed by atoms with E-state index in [9.17, 15) is 5.11 Å². The van der Waals surface area contributed by atoms with Crippen LogP contribution in [-0.4, -0.2) is 49.0 Å². The zero-order valence-electron chi connectivity index (χ0n) is 11.7. The third kappa shape index (κ3) is 3.69. The number of methoxy groups -OCH3 is 1. The van der Waals surface area contributed by atoms with Crippen LogP contribution in [0.15, 0.2) is 24.3 Å². The molecule has 0 aliphatic carbocycles. The van der Waals surface area contributed by atoms with E-state index in [2.05, 4.69) is 17.0 Å². The molecule has 0 bridgehead atoms. The summed E-state index contributed by atoms with van der Waals surface area (Å²) >= 11 is 0. The summed E-state index contributed by atoms with van der Waals surface area (Å²) in [7, 11) is 1.74. The molecular formula is C15H23NO3. The number of aliphatic hydroxyl groups is 1. The molecule has 1 aliphatic heterocycles. The maximum atomic E-state index is 9.42. The quantitative estimate of drug-likeness (QED) is 0.849. The average Bonchev–Trinajstić information content (AvgIpc) is 2.83. The molecule has 1 heterocycles. The highest BCUT2D eigenvalue weighted by Gasteiger charge is 2.31. The van der Waals surface area contributed by atoms with E-state index in [1.54, 1.807) is 7.11 Å². The molecule has 2 atom stereocenters. The molecule has 1 saturated heterocycles. The Labute approximate surface area is 114 Å². The Morgan fingerprint density at radius 3 is 2.63 bits per heavy atom. The molecule has 0 radical (unpaired) electrons. The first-order valence-electron chi connectivity index (χ1n) is 6.86. The van der Waals surface area contributed by atoms with Gasteiger partial charge in [0.2, 0.25) is 0 Å². The highest BCUT2D eigenvalue weighted by molar-refractivity contribution is 5.27. The van der Waals surface area contributed by atoms with Crippen LogP contribution in [0, 0.1) is 0 Å². The van der Waals surface area contributed by atoms with Crippen LogP contribution in [0.4, 0.5) is 0 Å². The van der Waals surface area contributed by atoms with E-state index in [0.29, 0.717) is 6.61 Å². The van der Waals surface area contributed by atoms with E-state index in [4.69, 9.17) is 9.47 Å². The average molecular weight is 265 g/mol. The van der Waals surface area contributed by atoms with Crippen LogP contribution in [0.1, 0.15) is 18.9 Å². The Morgan fingerprint density at radius 2 is 2.05 bits per heavy atom. The van der Waals surface area contributed by atoms with Gasteiger partial charge in [-0.2, -0.15) is 0 Å². The summed E-state index contributed by atoms with van der Waals surface area (Å²) in [6.07, 6.45) is 1.14. The van der Waals surface area contributed by atoms with Crippen molar-refractivity contribution in [3.05, 3.63) is 29.8 Å². The lowest BCUT2D eigenvalue weighted by Gasteiger charge is -2.22. The Balaban J connectivity index is 1.96. The third-order valence-electron chi connectivity index (χ3n) is 3.65. The minimum atomic E-state index is 0.191. The predicted molar refractivity (Wildman–Crippen MR) is 74.3 cm³/mol. The summed E-state index contributed by atoms with van der Waals surface area (Å²) in [4.78, 5) is 2.28. The summed E-state index contributed by atoms with van der Waals surface area (Å²) in [6, 6.07) is 8.36. The first-order valence-corrected chi connectivity index (χ1v) is 6.86. The molecule has 0 saturated carbocycles. The van der Waals surface area contributed by atoms with Crippen molar-refractivity contribution in [2.45, 2.75) is 32.0 Å². The molecule has 1 N–H and O–H groups in total. The maximum absolute atomic E-state index is 9.42. The second kappa shape index (κ2) is 6.89. The van der Waals surface area contributed by atoms with Crippen molar-refractivity contribution in [3.63, 3.8) is 0 Å². The SMILES string of the molecule is CCOc1ccc(CN2C[C@H](OC)C[C@H]2CO)cc1. The van der Waals surface area contributed by atoms with Gasteiger partial charge in [-0.3, -0.25) is 4.90 Å². The normalized spacial score (nSPS) is 23.7. The molecule has 0 aromatic heterocycles. The van der Waals surface area contributed by atoms with Gasteiger partial charge in [-0.25, -0.2) is 0 Å². The first-order chi connectivity index (χ1) is 9.26. The topological polar surface area (TPSA) is 41.9 Å². The van der Waals surface area contributed by atoms with Crippen molar-refractivity contribution in [1.82, 2.24) is 4.90 Å². The molecule has 1 fully saturated rings. The van der Waals surface area contributed by atoms with Crippen LogP contribution in [0.25, 0.3) is 0 Å². The van der Waals surface area contributed by atoms with Gasteiger partial charge in [-0.05, 0) is 31.0 Å². The number of nitrogens with zero attached hydrogens (tertiary/aromatic N) is 1. The van der Waals surface area contributed by atoms with Crippen molar-refractivity contribution in [3.8, 4) is 5.75 Å². The second-order valence-electron chi connectivity index (χ2n) is 4.94. The first kappa shape index (κ1) is 14.3. The van der Waals surface area contributed by atoms with E-state index >= 15 is 0 Å². The lowest BCUT2D eigenvalue weighted by molar-refractivity contribution is 0.107. The van der Waals surface area contributed by atoms with Gasteiger partial charge < -0.3 is 14.6 Å². The van der Waals surface area contributed by atoms with Crippen molar-refractivity contribution >= 4 is 0 Å². The number of benzene rings is 1. The lowest BCUT2D eigenvalue weighted by Crippen LogP contribution is -2.31. The maximum Gasteiger partial charge on any atom is 0.119 e. The van der Waals surface area contributed by atoms with Crippen molar-refractivity contribution in [1.29, 1.82) is 0 Å². The van der Waals surface area contributed by atoms with Crippen LogP contribution in [0.2, 0.25) is 0 Å². The number of likely N-dealkylation sites (tertiary alicyclic amines) is 1. The van der Waals surface area contributed by atoms with Gasteiger partial charge in [0, 0.05) is 26.2 Å². The van der Waals surface area contributed by atoms with Crippen LogP contribution in [-0.2, 0) is 11.3 Å². The molecule has 0 spiro atoms. The molecule has 1 aliphatic rings. The van der Waals surface area contributed by atoms with Crippen LogP contribution >= 0.6 is 0 Å². The fourth-order valence-corrected chi connectivity index (χ4v) is 2.58. The largest absolute Gasteiger partial charge is 0.494 e. The van der Waals surface area contributed by atoms with Gasteiger partial charge in [0.05, 0.1) is 19.3 Å². The Kier molecular flexibility index (Phi) is 5.19. The lowest BCUT2D eigenvalue weighted by atomic mass is 10.2. The monoisotopic (exact) mass is 265 g/mol. The van der Waals surface area contributed by atoms with Gasteiger partial charge in [0.1, 0.15) is 5.75 Å². The highest BCUT2D eigenvalue weighted by Crippen LogP contribution is 2.22. The number of ether oxygens (including phenoxy) is 2. The summed E-state index contributed by atoms with van der Waals surface area (Å²) in [5, 5.41) is 9.42. The minimum absolute atomic E-state index is 0.191. The molecule has 19 heavy (non-hydrogen) atoms. The van der Waals surface area contributed by atoms with Crippen molar-refractivity contribution < 1.29 is 14.6 Å². The van der Waals surface area contributed by atoms with Crippen molar-refractivity contribution in [2.24, 2.45) is 0 Å². The molecular weight excluding hydrogens is 242 g/mol. The van der Waals surface area contributed by atoms with Gasteiger partial charge >= 0.3 is 0 Å². The molecule has 1 aromatic carbocycles. The summed E-state index contributed by atoms with van der Waals surface area (Å²) < 4.78 is 10.8. The van der Waals surface area contributed by atoms with Crippen LogP contribution in [0.3, 0.4) is 0 Å². The Morgan fingerprint density at radius 1 is 1.32 bits per heavy atom. The number of hydrogen-bond donors (Lipinski definition) is 1. The van der Waals surface area contributed by atoms with Crippen LogP contribution in [0.5, 0.6) is 5.75 Å². The number of aliphatic hydroxyl groups excluding tert-OH is 1. The molecule has 106 valence electrons. The molecule has 0 unspecified atom stereocenters. The van der Waals surface area contributed by atoms with Crippen molar-refractivity contribution in [2.75, 3.05) is 26.9 Å². The van der Waals surface area contributed by atoms with Gasteiger partial charge in [0.25, 0.3) is 0 Å². The molecule has 4 heteroatoms. The molecule has 2 rings (SSSR count). The number of hydrogen-bond acceptors (Lipinski definition) is 4. The zero-order chi connectivity index (χ0) is 13.7. The van der Waals surface area contributed by atoms with E-state index in [1.165, 1.54) is 5.56 Å². The van der Waals surface area contributed by atoms with E-state index < -0.39 is 0 Å². The van der Waals surface area contributed by atoms with Gasteiger partial charge in [-0.15, -0.1) is 0 Å². The fourth-order valence-electron chi connectivity index (χ4n) is 2.58. The standard InChI is InChI=1S/C15H23NO3/c1-3-19-14-6-4-12(5-7-14)9-16-10-15(18-2)8-13(16)11-17/h4-7,13,15,17H,3,8-11H2,1-2H3/t13-,15+/m0/s1. The summed E-state index contributed by atoms with van der Waals surface area (Å²) in [5.41, 5.74) is 1.23. The molecule has 0 amide bonds. The fraction of sp³-hybridized carbons (Fsp3) is 0.600. The Bertz CT molecular complexity index is 379. The highest BCUT2D eigenvalue weighted by atomic mass is 16.5. The minimum Gasteiger partial charge on any atom is -0.494 e. The molecule has 4 nitrogen and oxygen atoms in total. The number of rotatable bonds is 6. The Hall–Kier alpha value is -1.10. The summed E-state index contributed by atoms with van der Waals surface area (Å²) in [5.74, 6) is 0.904. The van der Waals surface area contributed by atoms with E-state index in [-0.39, 0.29) is 18.8 Å². The van der Waals surface area contributed by atoms with E-state index in [0.717, 1.165) is 25.3 Å². The summed E-state index contributed by atoms with van der Waals surface area (Å²) in [6.45, 7) is 4.59. The predicted octanol–water partition coefficient (Wildman–Crippen LogP) is 1.67. The van der Waals surface area contributed by atoms with Crippen LogP contribution < -0.4 is 4.74 Å². The smallest absolute Gasteiger partial charge is 0.119 e. The van der Waals surface area contributed by atoms with Gasteiger partial charge in [0.15, 0.2) is 0 Å². The second-order valence-corrected chi connectivity index (χ2v) is 4.94. The zero-order valence-corrected chi connectivity index (χ0v) is 11.7. The molecule has 1 aromatic rings. The van der Waals surface area contributed by atoms with Gasteiger partial charge in [-0.1, -0.05) is 12.1 Å². The third-order valence-corrected chi connectivity index (χ3v) is 3.65.